The van der Waals surface area contributed by atoms with Crippen LogP contribution < -0.4 is 0 Å². The maximum absolute atomic E-state index is 10.8. The van der Waals surface area contributed by atoms with E-state index in [0.717, 1.165) is 73.5 Å². The molecule has 2 aromatic carbocycles. The van der Waals surface area contributed by atoms with Crippen LogP contribution in [-0.2, 0) is 9.09 Å². The number of rotatable bonds is 6. The van der Waals surface area contributed by atoms with E-state index in [4.69, 9.17) is 9.79 Å². The molecule has 0 saturated heterocycles. The molecule has 4 aromatic rings. The predicted octanol–water partition coefficient (Wildman–Crippen LogP) is 7.14. The second kappa shape index (κ2) is 14.1. The smallest absolute Gasteiger partial charge is 0.396 e. The van der Waals surface area contributed by atoms with E-state index in [1.165, 1.54) is 33.3 Å². The van der Waals surface area contributed by atoms with Crippen molar-refractivity contribution >= 4 is 29.6 Å². The lowest BCUT2D eigenvalue weighted by Crippen LogP contribution is -2.18. The fourth-order valence-electron chi connectivity index (χ4n) is 6.75. The first kappa shape index (κ1) is 32.6. The van der Waals surface area contributed by atoms with Gasteiger partial charge in [-0.25, -0.2) is 24.5 Å². The fourth-order valence-corrected chi connectivity index (χ4v) is 7.15. The third-order valence-corrected chi connectivity index (χ3v) is 10.3. The Morgan fingerprint density at radius 2 is 1.07 bits per heavy atom. The van der Waals surface area contributed by atoms with Gasteiger partial charge in [-0.05, 0) is 137 Å². The number of phosphoric acid groups is 1. The van der Waals surface area contributed by atoms with E-state index in [9.17, 15) is 9.67 Å². The molecule has 2 aliphatic rings. The van der Waals surface area contributed by atoms with Crippen molar-refractivity contribution in [3.8, 4) is 0 Å². The summed E-state index contributed by atoms with van der Waals surface area (Å²) < 4.78 is 15.5. The molecule has 3 N–H and O–H groups in total. The van der Waals surface area contributed by atoms with Crippen molar-refractivity contribution in [3.63, 3.8) is 0 Å². The molecular weight excluding hydrogens is 575 g/mol. The zero-order chi connectivity index (χ0) is 31.4. The van der Waals surface area contributed by atoms with Crippen LogP contribution in [0.2, 0.25) is 0 Å². The summed E-state index contributed by atoms with van der Waals surface area (Å²) in [5.74, 6) is 1.57. The molecule has 0 amide bonds. The molecule has 2 fully saturated rings. The van der Waals surface area contributed by atoms with Gasteiger partial charge in [-0.2, -0.15) is 0 Å². The van der Waals surface area contributed by atoms with Crippen LogP contribution in [0, 0.1) is 39.5 Å². The second-order valence-corrected chi connectivity index (χ2v) is 14.1. The molecule has 0 radical (unpaired) electrons. The monoisotopic (exact) mass is 620 g/mol. The van der Waals surface area contributed by atoms with Crippen molar-refractivity contribution in [2.45, 2.75) is 90.9 Å². The van der Waals surface area contributed by atoms with Crippen molar-refractivity contribution in [2.75, 3.05) is 13.2 Å². The zero-order valence-corrected chi connectivity index (χ0v) is 27.1. The van der Waals surface area contributed by atoms with Crippen LogP contribution in [0.4, 0.5) is 0 Å². The minimum Gasteiger partial charge on any atom is -0.396 e. The molecule has 2 heterocycles. The van der Waals surface area contributed by atoms with Crippen LogP contribution in [0.15, 0.2) is 36.9 Å². The molecule has 9 nitrogen and oxygen atoms in total. The standard InChI is InChI=1S/C17H23N2O4P.C17H22N2O/c1-11-7-15-16(8-12(11)2)18-10-19-17(15)14-5-3-13(4-6-14)9-23-24(20,21)22;1-11-7-15-16(8-12(11)2)18-10-19-17(15)14-5-3-13(9-20)4-6-14/h7-8,10,13-14H,3-6,9H2,1-2H3,(H2,20,21,22);7-8,10,13-14,20H,3-6,9H2,1-2H3. The number of aryl methyl sites for hydroxylation is 4. The topological polar surface area (TPSA) is 139 Å². The maximum Gasteiger partial charge on any atom is 0.469 e. The van der Waals surface area contributed by atoms with Crippen molar-refractivity contribution in [3.05, 3.63) is 70.6 Å². The summed E-state index contributed by atoms with van der Waals surface area (Å²) in [5, 5.41) is 11.6. The predicted molar refractivity (Wildman–Crippen MR) is 173 cm³/mol. The Morgan fingerprint density at radius 1 is 0.659 bits per heavy atom. The van der Waals surface area contributed by atoms with Crippen LogP contribution in [0.25, 0.3) is 21.8 Å². The van der Waals surface area contributed by atoms with Gasteiger partial charge in [-0.15, -0.1) is 0 Å². The molecule has 2 aliphatic carbocycles. The molecular formula is C34H45N4O5P. The van der Waals surface area contributed by atoms with E-state index in [-0.39, 0.29) is 12.5 Å². The van der Waals surface area contributed by atoms with Crippen molar-refractivity contribution < 1.29 is 24.0 Å². The van der Waals surface area contributed by atoms with Gasteiger partial charge in [0.25, 0.3) is 0 Å². The molecule has 0 bridgehead atoms. The highest BCUT2D eigenvalue weighted by atomic mass is 31.2. The number of aliphatic hydroxyl groups excluding tert-OH is 1. The molecule has 0 aliphatic heterocycles. The number of hydrogen-bond acceptors (Lipinski definition) is 7. The summed E-state index contributed by atoms with van der Waals surface area (Å²) in [6.45, 7) is 8.91. The summed E-state index contributed by atoms with van der Waals surface area (Å²) in [5.41, 5.74) is 9.39. The molecule has 0 unspecified atom stereocenters. The Labute approximate surface area is 259 Å². The van der Waals surface area contributed by atoms with Gasteiger partial charge < -0.3 is 14.9 Å². The van der Waals surface area contributed by atoms with Crippen LogP contribution >= 0.6 is 7.82 Å². The lowest BCUT2D eigenvalue weighted by Gasteiger charge is -2.28. The van der Waals surface area contributed by atoms with Crippen molar-refractivity contribution in [1.82, 2.24) is 19.9 Å². The Balaban J connectivity index is 0.000000177. The lowest BCUT2D eigenvalue weighted by molar-refractivity contribution is 0.146. The molecule has 0 atom stereocenters. The van der Waals surface area contributed by atoms with E-state index in [0.29, 0.717) is 24.4 Å². The molecule has 6 rings (SSSR count). The second-order valence-electron chi connectivity index (χ2n) is 12.8. The number of benzene rings is 2. The van der Waals surface area contributed by atoms with Gasteiger partial charge in [0.15, 0.2) is 0 Å². The largest absolute Gasteiger partial charge is 0.469 e. The number of hydrogen-bond donors (Lipinski definition) is 3. The summed E-state index contributed by atoms with van der Waals surface area (Å²) >= 11 is 0. The number of nitrogens with zero attached hydrogens (tertiary/aromatic N) is 4. The highest BCUT2D eigenvalue weighted by molar-refractivity contribution is 7.46. The normalized spacial score (nSPS) is 22.5. The maximum atomic E-state index is 10.8. The molecule has 2 aromatic heterocycles. The molecule has 44 heavy (non-hydrogen) atoms. The highest BCUT2D eigenvalue weighted by Crippen LogP contribution is 2.42. The van der Waals surface area contributed by atoms with Gasteiger partial charge in [0.05, 0.1) is 29.0 Å². The Bertz CT molecular complexity index is 1640. The molecule has 0 spiro atoms. The van der Waals surface area contributed by atoms with Gasteiger partial charge in [0, 0.05) is 29.2 Å². The first-order valence-electron chi connectivity index (χ1n) is 15.8. The SMILES string of the molecule is Cc1cc2ncnc(C3CCC(CO)CC3)c2cc1C.Cc1cc2ncnc(C3CCC(COP(=O)(O)O)CC3)c2cc1C. The van der Waals surface area contributed by atoms with Gasteiger partial charge in [-0.1, -0.05) is 0 Å². The molecule has 236 valence electrons. The first-order valence-corrected chi connectivity index (χ1v) is 17.3. The minimum absolute atomic E-state index is 0.125. The number of aliphatic hydroxyl groups is 1. The van der Waals surface area contributed by atoms with Gasteiger partial charge >= 0.3 is 7.82 Å². The number of phosphoric ester groups is 1. The lowest BCUT2D eigenvalue weighted by atomic mass is 9.80. The van der Waals surface area contributed by atoms with Crippen LogP contribution in [0.3, 0.4) is 0 Å². The van der Waals surface area contributed by atoms with Gasteiger partial charge in [0.1, 0.15) is 12.7 Å². The van der Waals surface area contributed by atoms with E-state index in [2.05, 4.69) is 76.4 Å². The number of aromatic nitrogens is 4. The van der Waals surface area contributed by atoms with Gasteiger partial charge in [0.2, 0.25) is 0 Å². The zero-order valence-electron chi connectivity index (χ0n) is 26.2. The average molecular weight is 621 g/mol. The minimum atomic E-state index is -4.37. The van der Waals surface area contributed by atoms with E-state index in [1.54, 1.807) is 12.7 Å². The molecule has 10 heteroatoms. The van der Waals surface area contributed by atoms with Crippen molar-refractivity contribution in [1.29, 1.82) is 0 Å². The average Bonchev–Trinajstić information content (AvgIpc) is 3.01. The van der Waals surface area contributed by atoms with E-state index < -0.39 is 7.82 Å². The van der Waals surface area contributed by atoms with Crippen LogP contribution in [0.5, 0.6) is 0 Å². The van der Waals surface area contributed by atoms with Crippen LogP contribution in [0.1, 0.15) is 96.8 Å². The number of fused-ring (bicyclic) bond motifs is 2. The highest BCUT2D eigenvalue weighted by Gasteiger charge is 2.27. The Kier molecular flexibility index (Phi) is 10.4. The third kappa shape index (κ3) is 7.88. The fraction of sp³-hybridized carbons (Fsp3) is 0.529. The quantitative estimate of drug-likeness (QED) is 0.192. The first-order chi connectivity index (χ1) is 21.0. The third-order valence-electron chi connectivity index (χ3n) is 9.77. The van der Waals surface area contributed by atoms with E-state index in [1.807, 2.05) is 0 Å². The summed E-state index contributed by atoms with van der Waals surface area (Å²) in [4.78, 5) is 35.6. The Morgan fingerprint density at radius 3 is 1.48 bits per heavy atom. The van der Waals surface area contributed by atoms with Gasteiger partial charge in [-0.3, -0.25) is 4.52 Å². The van der Waals surface area contributed by atoms with Crippen LogP contribution in [-0.4, -0.2) is 48.0 Å². The van der Waals surface area contributed by atoms with Crippen molar-refractivity contribution in [2.24, 2.45) is 11.8 Å². The summed E-state index contributed by atoms with van der Waals surface area (Å²) in [7, 11) is -4.37. The summed E-state index contributed by atoms with van der Waals surface area (Å²) in [6.07, 6.45) is 11.5. The Hall–Kier alpha value is -2.81. The van der Waals surface area contributed by atoms with E-state index >= 15 is 0 Å². The molecule has 2 saturated carbocycles. The summed E-state index contributed by atoms with van der Waals surface area (Å²) in [6, 6.07) is 8.67.